The van der Waals surface area contributed by atoms with Gasteiger partial charge in [0.25, 0.3) is 0 Å². The fourth-order valence-corrected chi connectivity index (χ4v) is 1.89. The van der Waals surface area contributed by atoms with E-state index in [1.807, 2.05) is 0 Å². The van der Waals surface area contributed by atoms with Crippen molar-refractivity contribution >= 4 is 0 Å². The normalized spacial score (nSPS) is 21.4. The van der Waals surface area contributed by atoms with Gasteiger partial charge in [0.2, 0.25) is 0 Å². The summed E-state index contributed by atoms with van der Waals surface area (Å²) in [4.78, 5) is 0. The highest BCUT2D eigenvalue weighted by Gasteiger charge is 2.10. The molecule has 0 radical (unpaired) electrons. The Hall–Kier alpha value is -0.520. The van der Waals surface area contributed by atoms with Gasteiger partial charge < -0.3 is 0 Å². The highest BCUT2D eigenvalue weighted by atomic mass is 14.2. The van der Waals surface area contributed by atoms with Crippen molar-refractivity contribution in [1.29, 1.82) is 0 Å². The quantitative estimate of drug-likeness (QED) is 0.590. The Balaban J connectivity index is 2.74. The van der Waals surface area contributed by atoms with Crippen LogP contribution in [0.4, 0.5) is 0 Å². The van der Waals surface area contributed by atoms with Crippen LogP contribution in [-0.4, -0.2) is 0 Å². The Morgan fingerprint density at radius 3 is 2.38 bits per heavy atom. The molecule has 74 valence electrons. The number of rotatable bonds is 2. The number of allylic oxidation sites excluding steroid dienone is 4. The van der Waals surface area contributed by atoms with Gasteiger partial charge in [0, 0.05) is 0 Å². The Morgan fingerprint density at radius 2 is 1.85 bits per heavy atom. The molecular formula is C13H22. The van der Waals surface area contributed by atoms with E-state index in [1.165, 1.54) is 19.3 Å². The summed E-state index contributed by atoms with van der Waals surface area (Å²) < 4.78 is 0. The maximum Gasteiger partial charge on any atom is -0.0257 e. The van der Waals surface area contributed by atoms with E-state index in [4.69, 9.17) is 0 Å². The lowest BCUT2D eigenvalue weighted by Crippen LogP contribution is -2.01. The zero-order chi connectivity index (χ0) is 9.84. The van der Waals surface area contributed by atoms with Crippen molar-refractivity contribution in [2.45, 2.75) is 47.0 Å². The zero-order valence-corrected chi connectivity index (χ0v) is 9.43. The average molecular weight is 178 g/mol. The predicted molar refractivity (Wildman–Crippen MR) is 59.7 cm³/mol. The Morgan fingerprint density at radius 1 is 1.15 bits per heavy atom. The first-order chi connectivity index (χ1) is 6.09. The largest absolute Gasteiger partial charge is 0.0788 e. The third-order valence-electron chi connectivity index (χ3n) is 2.59. The first-order valence-electron chi connectivity index (χ1n) is 5.50. The molecule has 0 aromatic rings. The van der Waals surface area contributed by atoms with Crippen LogP contribution in [0, 0.1) is 11.8 Å². The van der Waals surface area contributed by atoms with Crippen molar-refractivity contribution in [3.05, 3.63) is 23.3 Å². The van der Waals surface area contributed by atoms with E-state index in [1.54, 1.807) is 11.1 Å². The Labute approximate surface area is 82.7 Å². The van der Waals surface area contributed by atoms with Gasteiger partial charge in [-0.1, -0.05) is 51.0 Å². The van der Waals surface area contributed by atoms with Crippen molar-refractivity contribution in [3.8, 4) is 0 Å². The van der Waals surface area contributed by atoms with Crippen LogP contribution in [0.15, 0.2) is 23.3 Å². The number of hydrogen-bond acceptors (Lipinski definition) is 0. The molecule has 0 heteroatoms. The summed E-state index contributed by atoms with van der Waals surface area (Å²) in [6, 6.07) is 0. The van der Waals surface area contributed by atoms with Crippen LogP contribution in [0.3, 0.4) is 0 Å². The molecule has 1 aliphatic rings. The van der Waals surface area contributed by atoms with Crippen LogP contribution >= 0.6 is 0 Å². The molecule has 0 spiro atoms. The van der Waals surface area contributed by atoms with Gasteiger partial charge >= 0.3 is 0 Å². The molecule has 13 heavy (non-hydrogen) atoms. The highest BCUT2D eigenvalue weighted by Crippen LogP contribution is 2.27. The van der Waals surface area contributed by atoms with Crippen molar-refractivity contribution in [1.82, 2.24) is 0 Å². The van der Waals surface area contributed by atoms with Gasteiger partial charge in [0.15, 0.2) is 0 Å². The lowest BCUT2D eigenvalue weighted by molar-refractivity contribution is 0.656. The molecule has 0 fully saturated rings. The highest BCUT2D eigenvalue weighted by molar-refractivity contribution is 5.28. The van der Waals surface area contributed by atoms with E-state index in [0.717, 1.165) is 5.92 Å². The molecule has 0 N–H and O–H groups in total. The maximum atomic E-state index is 2.42. The van der Waals surface area contributed by atoms with E-state index in [0.29, 0.717) is 5.92 Å². The van der Waals surface area contributed by atoms with Crippen LogP contribution in [0.2, 0.25) is 0 Å². The number of hydrogen-bond donors (Lipinski definition) is 0. The molecule has 0 aromatic heterocycles. The van der Waals surface area contributed by atoms with Crippen molar-refractivity contribution in [2.75, 3.05) is 0 Å². The van der Waals surface area contributed by atoms with Gasteiger partial charge in [-0.2, -0.15) is 0 Å². The fraction of sp³-hybridized carbons (Fsp3) is 0.692. The van der Waals surface area contributed by atoms with E-state index >= 15 is 0 Å². The summed E-state index contributed by atoms with van der Waals surface area (Å²) in [6.45, 7) is 9.10. The molecule has 0 unspecified atom stereocenters. The van der Waals surface area contributed by atoms with Gasteiger partial charge in [-0.3, -0.25) is 0 Å². The molecule has 0 saturated heterocycles. The minimum absolute atomic E-state index is 0.692. The lowest BCUT2D eigenvalue weighted by atomic mass is 9.88. The smallest absolute Gasteiger partial charge is 0.0257 e. The molecule has 0 nitrogen and oxygen atoms in total. The zero-order valence-electron chi connectivity index (χ0n) is 9.43. The SMILES string of the molecule is CC(C)/C=C1/C=C(C(C)C)CCC1. The second-order valence-corrected chi connectivity index (χ2v) is 4.71. The third-order valence-corrected chi connectivity index (χ3v) is 2.59. The second-order valence-electron chi connectivity index (χ2n) is 4.71. The summed E-state index contributed by atoms with van der Waals surface area (Å²) in [5.41, 5.74) is 3.20. The Bertz CT molecular complexity index is 216. The minimum atomic E-state index is 0.692. The summed E-state index contributed by atoms with van der Waals surface area (Å²) in [7, 11) is 0. The minimum Gasteiger partial charge on any atom is -0.0788 e. The molecule has 0 atom stereocenters. The fourth-order valence-electron chi connectivity index (χ4n) is 1.89. The summed E-state index contributed by atoms with van der Waals surface area (Å²) in [5, 5.41) is 0. The van der Waals surface area contributed by atoms with Crippen molar-refractivity contribution in [3.63, 3.8) is 0 Å². The molecule has 0 saturated carbocycles. The molecule has 0 aliphatic heterocycles. The average Bonchev–Trinajstić information content (AvgIpc) is 2.03. The maximum absolute atomic E-state index is 2.42. The van der Waals surface area contributed by atoms with E-state index in [9.17, 15) is 0 Å². The Kier molecular flexibility index (Phi) is 3.77. The van der Waals surface area contributed by atoms with E-state index < -0.39 is 0 Å². The van der Waals surface area contributed by atoms with Gasteiger partial charge in [-0.05, 0) is 31.1 Å². The van der Waals surface area contributed by atoms with Crippen LogP contribution < -0.4 is 0 Å². The van der Waals surface area contributed by atoms with E-state index in [2.05, 4.69) is 39.8 Å². The predicted octanol–water partition coefficient (Wildman–Crippen LogP) is 4.34. The molecule has 1 rings (SSSR count). The standard InChI is InChI=1S/C13H22/c1-10(2)8-12-6-5-7-13(9-12)11(3)4/h8-11H,5-7H2,1-4H3/b12-8+. The summed E-state index contributed by atoms with van der Waals surface area (Å²) in [6.07, 6.45) is 8.78. The van der Waals surface area contributed by atoms with Crippen LogP contribution in [0.1, 0.15) is 47.0 Å². The van der Waals surface area contributed by atoms with E-state index in [-0.39, 0.29) is 0 Å². The molecule has 0 bridgehead atoms. The first-order valence-corrected chi connectivity index (χ1v) is 5.50. The van der Waals surface area contributed by atoms with Crippen LogP contribution in [0.25, 0.3) is 0 Å². The first kappa shape index (κ1) is 10.6. The van der Waals surface area contributed by atoms with Crippen LogP contribution in [-0.2, 0) is 0 Å². The van der Waals surface area contributed by atoms with Crippen molar-refractivity contribution in [2.24, 2.45) is 11.8 Å². The van der Waals surface area contributed by atoms with Gasteiger partial charge in [-0.25, -0.2) is 0 Å². The summed E-state index contributed by atoms with van der Waals surface area (Å²) in [5.74, 6) is 1.42. The lowest BCUT2D eigenvalue weighted by Gasteiger charge is -2.18. The van der Waals surface area contributed by atoms with Crippen LogP contribution in [0.5, 0.6) is 0 Å². The second kappa shape index (κ2) is 4.64. The monoisotopic (exact) mass is 178 g/mol. The third kappa shape index (κ3) is 3.38. The van der Waals surface area contributed by atoms with Crippen molar-refractivity contribution < 1.29 is 0 Å². The molecule has 1 aliphatic carbocycles. The topological polar surface area (TPSA) is 0 Å². The summed E-state index contributed by atoms with van der Waals surface area (Å²) >= 11 is 0. The molecule has 0 heterocycles. The molecular weight excluding hydrogens is 156 g/mol. The van der Waals surface area contributed by atoms with Gasteiger partial charge in [0.1, 0.15) is 0 Å². The molecule has 0 aromatic carbocycles. The van der Waals surface area contributed by atoms with Gasteiger partial charge in [0.05, 0.1) is 0 Å². The molecule has 0 amide bonds. The van der Waals surface area contributed by atoms with Gasteiger partial charge in [-0.15, -0.1) is 0 Å².